The summed E-state index contributed by atoms with van der Waals surface area (Å²) in [5, 5.41) is 8.84. The average Bonchev–Trinajstić information content (AvgIpc) is 2.13. The minimum absolute atomic E-state index is 0.745. The summed E-state index contributed by atoms with van der Waals surface area (Å²) in [6, 6.07) is -0.863. The molecule has 1 N–H and O–H groups in total. The van der Waals surface area contributed by atoms with Gasteiger partial charge < -0.3 is 5.11 Å². The van der Waals surface area contributed by atoms with Crippen LogP contribution in [-0.4, -0.2) is 17.9 Å². The lowest BCUT2D eigenvalue weighted by Crippen LogP contribution is -1.94. The first kappa shape index (κ1) is 6.77. The number of nitrogens with zero attached hydrogens (tertiary/aromatic N) is 1. The third-order valence-corrected chi connectivity index (χ3v) is 2.05. The molecule has 0 aliphatic carbocycles. The van der Waals surface area contributed by atoms with Crippen LogP contribution in [0.25, 0.3) is 0 Å². The van der Waals surface area contributed by atoms with E-state index in [1.165, 1.54) is 11.3 Å². The van der Waals surface area contributed by atoms with Gasteiger partial charge in [0.2, 0.25) is 0 Å². The largest absolute Gasteiger partial charge is 0.398 e. The summed E-state index contributed by atoms with van der Waals surface area (Å²) in [5.74, 6) is 0. The van der Waals surface area contributed by atoms with Crippen molar-refractivity contribution in [3.05, 3.63) is 16.1 Å². The molecule has 0 spiro atoms. The van der Waals surface area contributed by atoms with Crippen LogP contribution in [0, 0.1) is 6.92 Å². The Hall–Kier alpha value is -0.345. The first-order chi connectivity index (χ1) is 4.22. The van der Waals surface area contributed by atoms with Gasteiger partial charge in [0.05, 0.1) is 11.2 Å². The Bertz CT molecular complexity index is 199. The third kappa shape index (κ3) is 1.31. The van der Waals surface area contributed by atoms with E-state index >= 15 is 0 Å². The molecule has 1 rings (SSSR count). The lowest BCUT2D eigenvalue weighted by atomic mass is 9.98. The van der Waals surface area contributed by atoms with Crippen molar-refractivity contribution in [2.75, 3.05) is 0 Å². The fraction of sp³-hybridized carbons (Fsp3) is 0.400. The zero-order valence-corrected chi connectivity index (χ0v) is 5.85. The second-order valence-electron chi connectivity index (χ2n) is 1.75. The molecule has 4 heteroatoms. The highest BCUT2D eigenvalue weighted by atomic mass is 32.1. The van der Waals surface area contributed by atoms with Crippen molar-refractivity contribution in [2.45, 2.75) is 12.9 Å². The predicted molar refractivity (Wildman–Crippen MR) is 37.6 cm³/mol. The first-order valence-corrected chi connectivity index (χ1v) is 3.43. The van der Waals surface area contributed by atoms with Crippen molar-refractivity contribution < 1.29 is 5.11 Å². The second kappa shape index (κ2) is 2.50. The molecule has 0 bridgehead atoms. The van der Waals surface area contributed by atoms with E-state index in [4.69, 9.17) is 13.0 Å². The predicted octanol–water partition coefficient (Wildman–Crippen LogP) is 0.611. The van der Waals surface area contributed by atoms with Crippen molar-refractivity contribution in [3.8, 4) is 0 Å². The number of hydrogen-bond donors (Lipinski definition) is 1. The molecule has 0 amide bonds. The molecule has 1 aromatic heterocycles. The number of aliphatic hydroxyl groups is 1. The van der Waals surface area contributed by atoms with Crippen molar-refractivity contribution in [1.82, 2.24) is 4.98 Å². The summed E-state index contributed by atoms with van der Waals surface area (Å²) in [4.78, 5) is 4.66. The molecule has 1 atom stereocenters. The van der Waals surface area contributed by atoms with E-state index in [0.717, 1.165) is 10.6 Å². The number of aromatic nitrogens is 1. The number of hydrogen-bond acceptors (Lipinski definition) is 3. The Morgan fingerprint density at radius 3 is 2.78 bits per heavy atom. The standard InChI is InChI=1S/C5H6BNOS/c1-3-4(5(6)8)9-2-7-3/h2,5,8H,1H3. The molecule has 2 radical (unpaired) electrons. The maximum atomic E-state index is 8.84. The van der Waals surface area contributed by atoms with Crippen LogP contribution in [0.4, 0.5) is 0 Å². The van der Waals surface area contributed by atoms with Gasteiger partial charge in [-0.1, -0.05) is 0 Å². The minimum atomic E-state index is -0.863. The molecule has 0 saturated carbocycles. The fourth-order valence-electron chi connectivity index (χ4n) is 0.595. The van der Waals surface area contributed by atoms with Gasteiger partial charge in [-0.2, -0.15) is 0 Å². The van der Waals surface area contributed by atoms with Crippen LogP contribution in [0.5, 0.6) is 0 Å². The van der Waals surface area contributed by atoms with Gasteiger partial charge in [0.15, 0.2) is 0 Å². The van der Waals surface area contributed by atoms with Gasteiger partial charge in [0.25, 0.3) is 0 Å². The topological polar surface area (TPSA) is 33.1 Å². The lowest BCUT2D eigenvalue weighted by Gasteiger charge is -1.98. The van der Waals surface area contributed by atoms with Gasteiger partial charge >= 0.3 is 0 Å². The van der Waals surface area contributed by atoms with Gasteiger partial charge in [-0.15, -0.1) is 11.3 Å². The fourth-order valence-corrected chi connectivity index (χ4v) is 1.28. The van der Waals surface area contributed by atoms with Crippen LogP contribution in [0.15, 0.2) is 5.51 Å². The monoisotopic (exact) mass is 139 g/mol. The highest BCUT2D eigenvalue weighted by molar-refractivity contribution is 7.10. The Labute approximate surface area is 59.0 Å². The molecule has 1 unspecified atom stereocenters. The molecule has 0 aliphatic heterocycles. The molecular weight excluding hydrogens is 133 g/mol. The number of rotatable bonds is 1. The van der Waals surface area contributed by atoms with Gasteiger partial charge in [-0.25, -0.2) is 4.98 Å². The molecule has 9 heavy (non-hydrogen) atoms. The molecule has 1 heterocycles. The van der Waals surface area contributed by atoms with Crippen LogP contribution >= 0.6 is 11.3 Å². The van der Waals surface area contributed by atoms with Crippen molar-refractivity contribution >= 4 is 19.2 Å². The summed E-state index contributed by atoms with van der Waals surface area (Å²) < 4.78 is 0. The van der Waals surface area contributed by atoms with Crippen LogP contribution in [0.2, 0.25) is 0 Å². The molecule has 0 aromatic carbocycles. The Balaban J connectivity index is 2.94. The third-order valence-electron chi connectivity index (χ3n) is 1.05. The Morgan fingerprint density at radius 1 is 1.89 bits per heavy atom. The van der Waals surface area contributed by atoms with E-state index in [1.807, 2.05) is 6.92 Å². The SMILES string of the molecule is [B]C(O)c1scnc1C. The maximum absolute atomic E-state index is 8.84. The molecule has 0 fully saturated rings. The zero-order chi connectivity index (χ0) is 6.85. The lowest BCUT2D eigenvalue weighted by molar-refractivity contribution is 0.265. The number of thiazole rings is 1. The molecule has 0 aliphatic rings. The first-order valence-electron chi connectivity index (χ1n) is 2.55. The minimum Gasteiger partial charge on any atom is -0.398 e. The van der Waals surface area contributed by atoms with Gasteiger partial charge in [0, 0.05) is 10.9 Å². The van der Waals surface area contributed by atoms with Crippen molar-refractivity contribution in [1.29, 1.82) is 0 Å². The molecule has 0 saturated heterocycles. The molecule has 2 nitrogen and oxygen atoms in total. The summed E-state index contributed by atoms with van der Waals surface area (Å²) >= 11 is 1.37. The normalized spacial score (nSPS) is 13.6. The Morgan fingerprint density at radius 2 is 2.56 bits per heavy atom. The number of aryl methyl sites for hydroxylation is 1. The quantitative estimate of drug-likeness (QED) is 0.578. The smallest absolute Gasteiger partial charge is 0.116 e. The van der Waals surface area contributed by atoms with Gasteiger partial charge in [-0.05, 0) is 6.92 Å². The molecular formula is C5H6BNOS. The van der Waals surface area contributed by atoms with E-state index in [0.29, 0.717) is 0 Å². The van der Waals surface area contributed by atoms with E-state index in [2.05, 4.69) is 4.98 Å². The zero-order valence-electron chi connectivity index (χ0n) is 5.03. The van der Waals surface area contributed by atoms with E-state index in [1.54, 1.807) is 5.51 Å². The molecule has 1 aromatic rings. The summed E-state index contributed by atoms with van der Waals surface area (Å²) in [6.45, 7) is 1.82. The maximum Gasteiger partial charge on any atom is 0.116 e. The molecule has 46 valence electrons. The Kier molecular flexibility index (Phi) is 1.88. The van der Waals surface area contributed by atoms with Gasteiger partial charge in [-0.3, -0.25) is 0 Å². The summed E-state index contributed by atoms with van der Waals surface area (Å²) in [5.41, 5.74) is 2.48. The van der Waals surface area contributed by atoms with Crippen LogP contribution in [0.1, 0.15) is 16.6 Å². The highest BCUT2D eigenvalue weighted by Crippen LogP contribution is 2.17. The summed E-state index contributed by atoms with van der Waals surface area (Å²) in [7, 11) is 5.18. The number of aliphatic hydroxyl groups excluding tert-OH is 1. The van der Waals surface area contributed by atoms with E-state index < -0.39 is 6.00 Å². The highest BCUT2D eigenvalue weighted by Gasteiger charge is 2.05. The van der Waals surface area contributed by atoms with Crippen LogP contribution in [-0.2, 0) is 0 Å². The van der Waals surface area contributed by atoms with Crippen molar-refractivity contribution in [2.24, 2.45) is 0 Å². The van der Waals surface area contributed by atoms with Gasteiger partial charge in [0.1, 0.15) is 7.85 Å². The second-order valence-corrected chi connectivity index (χ2v) is 2.63. The summed E-state index contributed by atoms with van der Waals surface area (Å²) in [6.07, 6.45) is 0. The van der Waals surface area contributed by atoms with Crippen LogP contribution in [0.3, 0.4) is 0 Å². The van der Waals surface area contributed by atoms with Crippen LogP contribution < -0.4 is 0 Å². The van der Waals surface area contributed by atoms with E-state index in [-0.39, 0.29) is 0 Å². The average molecular weight is 139 g/mol. The van der Waals surface area contributed by atoms with Crippen molar-refractivity contribution in [3.63, 3.8) is 0 Å². The van der Waals surface area contributed by atoms with E-state index in [9.17, 15) is 0 Å².